The van der Waals surface area contributed by atoms with Gasteiger partial charge in [-0.15, -0.1) is 0 Å². The number of hydrazine groups is 1. The molecule has 0 rings (SSSR count). The van der Waals surface area contributed by atoms with Gasteiger partial charge in [-0.1, -0.05) is 46.5 Å². The molecular weight excluding hydrogens is 148 g/mol. The second-order valence-electron chi connectivity index (χ2n) is 3.87. The Morgan fingerprint density at radius 2 is 1.83 bits per heavy atom. The normalized spacial score (nSPS) is 13.8. The second-order valence-corrected chi connectivity index (χ2v) is 3.87. The fourth-order valence-electron chi connectivity index (χ4n) is 1.40. The molecule has 1 unspecified atom stereocenters. The standard InChI is InChI=1S/C10H24N2/c1-4-5-6-7-8-10(12-11)9(2)3/h9-10,12H,4-8,11H2,1-3H3. The van der Waals surface area contributed by atoms with Gasteiger partial charge in [0, 0.05) is 6.04 Å². The van der Waals surface area contributed by atoms with E-state index >= 15 is 0 Å². The van der Waals surface area contributed by atoms with Gasteiger partial charge in [0.1, 0.15) is 0 Å². The van der Waals surface area contributed by atoms with Gasteiger partial charge in [-0.25, -0.2) is 0 Å². The van der Waals surface area contributed by atoms with Crippen molar-refractivity contribution in [1.82, 2.24) is 5.43 Å². The van der Waals surface area contributed by atoms with Crippen LogP contribution in [0.2, 0.25) is 0 Å². The molecule has 0 aliphatic rings. The molecule has 0 heterocycles. The van der Waals surface area contributed by atoms with Crippen LogP contribution < -0.4 is 11.3 Å². The highest BCUT2D eigenvalue weighted by Gasteiger charge is 2.09. The lowest BCUT2D eigenvalue weighted by Gasteiger charge is -2.19. The molecule has 0 aromatic heterocycles. The Kier molecular flexibility index (Phi) is 7.51. The van der Waals surface area contributed by atoms with Crippen LogP contribution >= 0.6 is 0 Å². The molecule has 0 saturated carbocycles. The molecule has 12 heavy (non-hydrogen) atoms. The Balaban J connectivity index is 3.32. The second kappa shape index (κ2) is 7.56. The number of nitrogens with two attached hydrogens (primary N) is 1. The molecule has 0 aromatic carbocycles. The Bertz CT molecular complexity index is 91.8. The quantitative estimate of drug-likeness (QED) is 0.352. The SMILES string of the molecule is CCCCCCC(NN)C(C)C. The molecule has 3 N–H and O–H groups in total. The van der Waals surface area contributed by atoms with Gasteiger partial charge < -0.3 is 0 Å². The summed E-state index contributed by atoms with van der Waals surface area (Å²) in [7, 11) is 0. The zero-order valence-electron chi connectivity index (χ0n) is 8.77. The minimum atomic E-state index is 0.502. The van der Waals surface area contributed by atoms with Crippen molar-refractivity contribution in [2.45, 2.75) is 58.9 Å². The molecule has 0 amide bonds. The van der Waals surface area contributed by atoms with Crippen LogP contribution in [0, 0.1) is 5.92 Å². The van der Waals surface area contributed by atoms with Gasteiger partial charge in [0.25, 0.3) is 0 Å². The van der Waals surface area contributed by atoms with E-state index in [1.54, 1.807) is 0 Å². The summed E-state index contributed by atoms with van der Waals surface area (Å²) in [4.78, 5) is 0. The molecule has 0 bridgehead atoms. The molecule has 74 valence electrons. The van der Waals surface area contributed by atoms with Crippen molar-refractivity contribution in [1.29, 1.82) is 0 Å². The van der Waals surface area contributed by atoms with Crippen LogP contribution in [0.1, 0.15) is 52.9 Å². The summed E-state index contributed by atoms with van der Waals surface area (Å²) < 4.78 is 0. The molecule has 0 radical (unpaired) electrons. The third-order valence-electron chi connectivity index (χ3n) is 2.39. The average molecular weight is 172 g/mol. The highest BCUT2D eigenvalue weighted by atomic mass is 15.2. The van der Waals surface area contributed by atoms with E-state index in [0.717, 1.165) is 0 Å². The van der Waals surface area contributed by atoms with Crippen LogP contribution in [0.25, 0.3) is 0 Å². The Morgan fingerprint density at radius 1 is 1.17 bits per heavy atom. The summed E-state index contributed by atoms with van der Waals surface area (Å²) in [6, 6.07) is 0.502. The van der Waals surface area contributed by atoms with Crippen molar-refractivity contribution >= 4 is 0 Å². The van der Waals surface area contributed by atoms with Gasteiger partial charge in [0.2, 0.25) is 0 Å². The van der Waals surface area contributed by atoms with Gasteiger partial charge in [-0.2, -0.15) is 0 Å². The van der Waals surface area contributed by atoms with Crippen molar-refractivity contribution in [3.05, 3.63) is 0 Å². The number of unbranched alkanes of at least 4 members (excludes halogenated alkanes) is 3. The number of hydrogen-bond acceptors (Lipinski definition) is 2. The average Bonchev–Trinajstić information content (AvgIpc) is 2.04. The van der Waals surface area contributed by atoms with Gasteiger partial charge >= 0.3 is 0 Å². The summed E-state index contributed by atoms with van der Waals surface area (Å²) in [6.45, 7) is 6.66. The molecule has 1 atom stereocenters. The van der Waals surface area contributed by atoms with E-state index in [2.05, 4.69) is 26.2 Å². The summed E-state index contributed by atoms with van der Waals surface area (Å²) in [5.41, 5.74) is 2.88. The largest absolute Gasteiger partial charge is 0.271 e. The van der Waals surface area contributed by atoms with E-state index in [4.69, 9.17) is 5.84 Å². The maximum absolute atomic E-state index is 5.44. The Hall–Kier alpha value is -0.0800. The van der Waals surface area contributed by atoms with Crippen molar-refractivity contribution in [3.8, 4) is 0 Å². The molecular formula is C10H24N2. The van der Waals surface area contributed by atoms with E-state index in [1.165, 1.54) is 32.1 Å². The zero-order valence-corrected chi connectivity index (χ0v) is 8.77. The van der Waals surface area contributed by atoms with E-state index in [0.29, 0.717) is 12.0 Å². The number of rotatable bonds is 7. The fourth-order valence-corrected chi connectivity index (χ4v) is 1.40. The van der Waals surface area contributed by atoms with Gasteiger partial charge in [0.15, 0.2) is 0 Å². The van der Waals surface area contributed by atoms with E-state index < -0.39 is 0 Å². The monoisotopic (exact) mass is 172 g/mol. The molecule has 2 nitrogen and oxygen atoms in total. The first-order valence-electron chi connectivity index (χ1n) is 5.18. The van der Waals surface area contributed by atoms with E-state index in [9.17, 15) is 0 Å². The Labute approximate surface area is 76.9 Å². The fraction of sp³-hybridized carbons (Fsp3) is 1.00. The minimum Gasteiger partial charge on any atom is -0.271 e. The third-order valence-corrected chi connectivity index (χ3v) is 2.39. The zero-order chi connectivity index (χ0) is 9.40. The highest BCUT2D eigenvalue weighted by molar-refractivity contribution is 4.66. The molecule has 0 aliphatic carbocycles. The minimum absolute atomic E-state index is 0.502. The van der Waals surface area contributed by atoms with Crippen LogP contribution in [-0.2, 0) is 0 Å². The number of hydrogen-bond donors (Lipinski definition) is 2. The summed E-state index contributed by atoms with van der Waals surface area (Å²) >= 11 is 0. The van der Waals surface area contributed by atoms with E-state index in [-0.39, 0.29) is 0 Å². The number of nitrogens with one attached hydrogen (secondary N) is 1. The Morgan fingerprint density at radius 3 is 2.25 bits per heavy atom. The van der Waals surface area contributed by atoms with Crippen LogP contribution in [0.4, 0.5) is 0 Å². The molecule has 0 saturated heterocycles. The summed E-state index contributed by atoms with van der Waals surface area (Å²) in [5.74, 6) is 6.09. The van der Waals surface area contributed by atoms with Crippen LogP contribution in [0.3, 0.4) is 0 Å². The van der Waals surface area contributed by atoms with Gasteiger partial charge in [-0.05, 0) is 12.3 Å². The van der Waals surface area contributed by atoms with Crippen molar-refractivity contribution < 1.29 is 0 Å². The molecule has 2 heteroatoms. The van der Waals surface area contributed by atoms with Gasteiger partial charge in [-0.3, -0.25) is 11.3 Å². The molecule has 0 fully saturated rings. The van der Waals surface area contributed by atoms with Crippen molar-refractivity contribution in [3.63, 3.8) is 0 Å². The topological polar surface area (TPSA) is 38.0 Å². The third kappa shape index (κ3) is 5.56. The van der Waals surface area contributed by atoms with Crippen molar-refractivity contribution in [2.24, 2.45) is 11.8 Å². The lowest BCUT2D eigenvalue weighted by Crippen LogP contribution is -2.38. The maximum Gasteiger partial charge on any atom is 0.0233 e. The van der Waals surface area contributed by atoms with Crippen LogP contribution in [-0.4, -0.2) is 6.04 Å². The first kappa shape index (κ1) is 11.9. The first-order valence-corrected chi connectivity index (χ1v) is 5.18. The highest BCUT2D eigenvalue weighted by Crippen LogP contribution is 2.10. The first-order chi connectivity index (χ1) is 5.72. The lowest BCUT2D eigenvalue weighted by atomic mass is 9.98. The smallest absolute Gasteiger partial charge is 0.0233 e. The molecule has 0 aliphatic heterocycles. The lowest BCUT2D eigenvalue weighted by molar-refractivity contribution is 0.370. The predicted octanol–water partition coefficient (Wildman–Crippen LogP) is 2.44. The van der Waals surface area contributed by atoms with Crippen LogP contribution in [0.5, 0.6) is 0 Å². The van der Waals surface area contributed by atoms with E-state index in [1.807, 2.05) is 0 Å². The molecule has 0 spiro atoms. The summed E-state index contributed by atoms with van der Waals surface area (Å²) in [6.07, 6.45) is 6.54. The maximum atomic E-state index is 5.44. The van der Waals surface area contributed by atoms with Gasteiger partial charge in [0.05, 0.1) is 0 Å². The predicted molar refractivity (Wildman–Crippen MR) is 54.7 cm³/mol. The van der Waals surface area contributed by atoms with Crippen molar-refractivity contribution in [2.75, 3.05) is 0 Å². The molecule has 0 aromatic rings. The summed E-state index contributed by atoms with van der Waals surface area (Å²) in [5, 5.41) is 0. The van der Waals surface area contributed by atoms with Crippen LogP contribution in [0.15, 0.2) is 0 Å².